The molecule has 2 heterocycles. The van der Waals surface area contributed by atoms with Crippen molar-refractivity contribution in [2.24, 2.45) is 0 Å². The highest BCUT2D eigenvalue weighted by molar-refractivity contribution is 6.39. The van der Waals surface area contributed by atoms with E-state index in [0.717, 1.165) is 47.4 Å². The van der Waals surface area contributed by atoms with Crippen LogP contribution in [0.2, 0.25) is 10.0 Å². The summed E-state index contributed by atoms with van der Waals surface area (Å²) in [5, 5.41) is 9.00. The summed E-state index contributed by atoms with van der Waals surface area (Å²) in [6.07, 6.45) is 4.71. The van der Waals surface area contributed by atoms with Gasteiger partial charge in [0, 0.05) is 35.3 Å². The van der Waals surface area contributed by atoms with Crippen molar-refractivity contribution < 1.29 is 0 Å². The van der Waals surface area contributed by atoms with E-state index in [1.807, 2.05) is 12.3 Å². The van der Waals surface area contributed by atoms with Gasteiger partial charge in [0.15, 0.2) is 0 Å². The summed E-state index contributed by atoms with van der Waals surface area (Å²) < 4.78 is 0. The molecule has 0 aliphatic rings. The van der Waals surface area contributed by atoms with Gasteiger partial charge in [-0.05, 0) is 37.1 Å². The topological polar surface area (TPSA) is 44.8 Å². The van der Waals surface area contributed by atoms with Crippen LogP contribution in [0.3, 0.4) is 0 Å². The van der Waals surface area contributed by atoms with Crippen molar-refractivity contribution in [1.82, 2.24) is 15.2 Å². The minimum absolute atomic E-state index is 0.587. The first-order chi connectivity index (χ1) is 11.1. The fourth-order valence-corrected chi connectivity index (χ4v) is 3.35. The number of nitrogens with one attached hydrogen (secondary N) is 1. The Morgan fingerprint density at radius 1 is 1.17 bits per heavy atom. The van der Waals surface area contributed by atoms with Crippen LogP contribution in [-0.2, 0) is 0 Å². The van der Waals surface area contributed by atoms with Gasteiger partial charge < -0.3 is 4.90 Å². The number of halogens is 2. The van der Waals surface area contributed by atoms with Crippen LogP contribution in [0.25, 0.3) is 22.0 Å². The van der Waals surface area contributed by atoms with Crippen molar-refractivity contribution in [3.63, 3.8) is 0 Å². The average molecular weight is 349 g/mol. The van der Waals surface area contributed by atoms with Gasteiger partial charge in [-0.25, -0.2) is 4.98 Å². The summed E-state index contributed by atoms with van der Waals surface area (Å²) in [5.41, 5.74) is 2.79. The van der Waals surface area contributed by atoms with Gasteiger partial charge in [0.1, 0.15) is 5.82 Å². The van der Waals surface area contributed by atoms with Crippen LogP contribution in [0, 0.1) is 0 Å². The van der Waals surface area contributed by atoms with Crippen LogP contribution in [0.4, 0.5) is 5.82 Å². The maximum absolute atomic E-state index is 6.44. The monoisotopic (exact) mass is 348 g/mol. The number of H-pyrrole nitrogens is 1. The van der Waals surface area contributed by atoms with Crippen molar-refractivity contribution in [2.75, 3.05) is 18.0 Å². The first kappa shape index (κ1) is 16.1. The number of nitrogens with zero attached hydrogens (tertiary/aromatic N) is 3. The van der Waals surface area contributed by atoms with Gasteiger partial charge in [0.2, 0.25) is 0 Å². The van der Waals surface area contributed by atoms with Gasteiger partial charge in [-0.2, -0.15) is 5.10 Å². The van der Waals surface area contributed by atoms with E-state index in [0.29, 0.717) is 10.0 Å². The highest BCUT2D eigenvalue weighted by Gasteiger charge is 2.15. The number of pyridine rings is 1. The lowest BCUT2D eigenvalue weighted by Crippen LogP contribution is -2.24. The van der Waals surface area contributed by atoms with Crippen LogP contribution in [-0.4, -0.2) is 28.3 Å². The molecule has 0 aliphatic carbocycles. The molecule has 1 aromatic carbocycles. The van der Waals surface area contributed by atoms with Crippen molar-refractivity contribution in [2.45, 2.75) is 20.3 Å². The molecule has 3 rings (SSSR count). The van der Waals surface area contributed by atoms with Crippen molar-refractivity contribution >= 4 is 39.9 Å². The van der Waals surface area contributed by atoms with E-state index >= 15 is 0 Å². The second-order valence-electron chi connectivity index (χ2n) is 5.38. The second-order valence-corrected chi connectivity index (χ2v) is 6.22. The number of anilines is 1. The Kier molecular flexibility index (Phi) is 4.74. The number of hydrogen-bond acceptors (Lipinski definition) is 3. The van der Waals surface area contributed by atoms with E-state index < -0.39 is 0 Å². The minimum Gasteiger partial charge on any atom is -0.357 e. The summed E-state index contributed by atoms with van der Waals surface area (Å²) in [4.78, 5) is 7.03. The van der Waals surface area contributed by atoms with Crippen LogP contribution in [0.1, 0.15) is 20.3 Å². The van der Waals surface area contributed by atoms with Crippen molar-refractivity contribution in [3.05, 3.63) is 40.6 Å². The Hall–Kier alpha value is -1.78. The van der Waals surface area contributed by atoms with E-state index in [2.05, 4.69) is 35.0 Å². The van der Waals surface area contributed by atoms with Gasteiger partial charge in [-0.3, -0.25) is 5.10 Å². The lowest BCUT2D eigenvalue weighted by atomic mass is 10.0. The molecule has 1 N–H and O–H groups in total. The smallest absolute Gasteiger partial charge is 0.129 e. The Morgan fingerprint density at radius 3 is 2.65 bits per heavy atom. The second kappa shape index (κ2) is 6.77. The zero-order chi connectivity index (χ0) is 16.4. The standard InChI is InChI=1S/C17H18Cl2N4/c1-3-5-23(4-2)16-8-13(11-9-20-21-10-11)17-14(19)6-12(18)7-15(17)22-16/h6-10H,3-5H2,1-2H3,(H,20,21). The molecule has 6 heteroatoms. The number of hydrogen-bond donors (Lipinski definition) is 1. The third kappa shape index (κ3) is 3.14. The molecule has 23 heavy (non-hydrogen) atoms. The molecule has 120 valence electrons. The first-order valence-electron chi connectivity index (χ1n) is 7.68. The largest absolute Gasteiger partial charge is 0.357 e. The molecular formula is C17H18Cl2N4. The Morgan fingerprint density at radius 2 is 2.00 bits per heavy atom. The predicted octanol–water partition coefficient (Wildman–Crippen LogP) is 5.17. The molecule has 0 amide bonds. The lowest BCUT2D eigenvalue weighted by Gasteiger charge is -2.23. The summed E-state index contributed by atoms with van der Waals surface area (Å²) in [6, 6.07) is 5.68. The molecule has 0 radical (unpaired) electrons. The summed E-state index contributed by atoms with van der Waals surface area (Å²) in [7, 11) is 0. The molecule has 0 saturated carbocycles. The van der Waals surface area contributed by atoms with Gasteiger partial charge in [-0.1, -0.05) is 30.1 Å². The van der Waals surface area contributed by atoms with Crippen LogP contribution in [0.5, 0.6) is 0 Å². The van der Waals surface area contributed by atoms with E-state index in [4.69, 9.17) is 28.2 Å². The van der Waals surface area contributed by atoms with Gasteiger partial charge in [-0.15, -0.1) is 0 Å². The predicted molar refractivity (Wildman–Crippen MR) is 97.5 cm³/mol. The summed E-state index contributed by atoms with van der Waals surface area (Å²) in [5.74, 6) is 0.927. The number of fused-ring (bicyclic) bond motifs is 1. The van der Waals surface area contributed by atoms with E-state index in [1.165, 1.54) is 0 Å². The zero-order valence-electron chi connectivity index (χ0n) is 13.1. The average Bonchev–Trinajstić information content (AvgIpc) is 3.05. The Labute approximate surface area is 145 Å². The van der Waals surface area contributed by atoms with Crippen LogP contribution >= 0.6 is 23.2 Å². The molecule has 2 aromatic heterocycles. The molecule has 3 aromatic rings. The number of benzene rings is 1. The fourth-order valence-electron chi connectivity index (χ4n) is 2.76. The molecule has 0 unspecified atom stereocenters. The van der Waals surface area contributed by atoms with E-state index in [-0.39, 0.29) is 0 Å². The molecular weight excluding hydrogens is 331 g/mol. The summed E-state index contributed by atoms with van der Waals surface area (Å²) >= 11 is 12.6. The van der Waals surface area contributed by atoms with Gasteiger partial charge >= 0.3 is 0 Å². The Balaban J connectivity index is 2.29. The third-order valence-corrected chi connectivity index (χ3v) is 4.34. The molecule has 0 spiro atoms. The third-order valence-electron chi connectivity index (χ3n) is 3.82. The first-order valence-corrected chi connectivity index (χ1v) is 8.43. The maximum Gasteiger partial charge on any atom is 0.129 e. The van der Waals surface area contributed by atoms with E-state index in [1.54, 1.807) is 12.3 Å². The molecule has 0 aliphatic heterocycles. The lowest BCUT2D eigenvalue weighted by molar-refractivity contribution is 0.781. The van der Waals surface area contributed by atoms with Gasteiger partial charge in [0.25, 0.3) is 0 Å². The van der Waals surface area contributed by atoms with Crippen LogP contribution in [0.15, 0.2) is 30.6 Å². The van der Waals surface area contributed by atoms with Gasteiger partial charge in [0.05, 0.1) is 16.7 Å². The van der Waals surface area contributed by atoms with Crippen LogP contribution < -0.4 is 4.90 Å². The summed E-state index contributed by atoms with van der Waals surface area (Å²) in [6.45, 7) is 6.14. The molecule has 4 nitrogen and oxygen atoms in total. The molecule has 0 bridgehead atoms. The highest BCUT2D eigenvalue weighted by Crippen LogP contribution is 2.37. The van der Waals surface area contributed by atoms with Crippen molar-refractivity contribution in [3.8, 4) is 11.1 Å². The van der Waals surface area contributed by atoms with E-state index in [9.17, 15) is 0 Å². The zero-order valence-corrected chi connectivity index (χ0v) is 14.6. The number of aromatic nitrogens is 3. The fraction of sp³-hybridized carbons (Fsp3) is 0.294. The van der Waals surface area contributed by atoms with Crippen molar-refractivity contribution in [1.29, 1.82) is 0 Å². The number of rotatable bonds is 5. The quantitative estimate of drug-likeness (QED) is 0.691. The molecule has 0 atom stereocenters. The minimum atomic E-state index is 0.587. The maximum atomic E-state index is 6.44. The molecule has 0 saturated heterocycles. The highest BCUT2D eigenvalue weighted by atomic mass is 35.5. The SMILES string of the molecule is CCCN(CC)c1cc(-c2cn[nH]c2)c2c(Cl)cc(Cl)cc2n1. The normalized spacial score (nSPS) is 11.1. The number of aromatic amines is 1. The Bertz CT molecular complexity index is 815. The molecule has 0 fully saturated rings.